The van der Waals surface area contributed by atoms with Crippen LogP contribution in [0.1, 0.15) is 17.2 Å². The molecule has 1 saturated heterocycles. The largest absolute Gasteiger partial charge is 0.339 e. The molecule has 1 aliphatic heterocycles. The molecule has 2 aromatic rings. The minimum absolute atomic E-state index is 0.0313. The summed E-state index contributed by atoms with van der Waals surface area (Å²) in [5.74, 6) is 0.181. The molecule has 1 amide bonds. The molecule has 3 rings (SSSR count). The molecule has 126 valence electrons. The van der Waals surface area contributed by atoms with Crippen LogP contribution in [-0.2, 0) is 4.79 Å². The number of likely N-dealkylation sites (N-methyl/N-ethyl adjacent to an activating group) is 1. The molecular formula is C20H25N3O. The number of carbonyl (C=O) groups is 1. The highest BCUT2D eigenvalue weighted by atomic mass is 16.2. The normalized spacial score (nSPS) is 15.7. The lowest BCUT2D eigenvalue weighted by Crippen LogP contribution is -2.49. The van der Waals surface area contributed by atoms with Crippen LogP contribution in [0.15, 0.2) is 60.7 Å². The highest BCUT2D eigenvalue weighted by Gasteiger charge is 2.20. The Morgan fingerprint density at radius 2 is 1.42 bits per heavy atom. The second-order valence-electron chi connectivity index (χ2n) is 6.32. The van der Waals surface area contributed by atoms with Gasteiger partial charge >= 0.3 is 0 Å². The Morgan fingerprint density at radius 3 is 1.92 bits per heavy atom. The van der Waals surface area contributed by atoms with Gasteiger partial charge in [-0.15, -0.1) is 0 Å². The van der Waals surface area contributed by atoms with Gasteiger partial charge in [0, 0.05) is 26.2 Å². The number of amides is 1. The molecule has 1 fully saturated rings. The van der Waals surface area contributed by atoms with Crippen LogP contribution in [0, 0.1) is 0 Å². The topological polar surface area (TPSA) is 35.6 Å². The first-order chi connectivity index (χ1) is 11.7. The van der Waals surface area contributed by atoms with Crippen LogP contribution in [0.2, 0.25) is 0 Å². The number of hydrogen-bond acceptors (Lipinski definition) is 3. The third kappa shape index (κ3) is 4.22. The maximum Gasteiger partial charge on any atom is 0.236 e. The Hall–Kier alpha value is -2.17. The lowest BCUT2D eigenvalue weighted by atomic mass is 9.99. The van der Waals surface area contributed by atoms with Crippen molar-refractivity contribution in [2.75, 3.05) is 39.8 Å². The first-order valence-corrected chi connectivity index (χ1v) is 8.53. The summed E-state index contributed by atoms with van der Waals surface area (Å²) in [6, 6.07) is 20.6. The van der Waals surface area contributed by atoms with E-state index in [2.05, 4.69) is 41.5 Å². The molecule has 0 aromatic heterocycles. The van der Waals surface area contributed by atoms with Gasteiger partial charge in [-0.05, 0) is 18.2 Å². The van der Waals surface area contributed by atoms with Crippen molar-refractivity contribution in [3.8, 4) is 0 Å². The molecule has 1 heterocycles. The average molecular weight is 323 g/mol. The molecule has 0 bridgehead atoms. The van der Waals surface area contributed by atoms with E-state index >= 15 is 0 Å². The number of hydrogen-bond donors (Lipinski definition) is 1. The van der Waals surface area contributed by atoms with Crippen LogP contribution in [0.25, 0.3) is 0 Å². The average Bonchev–Trinajstić information content (AvgIpc) is 2.64. The minimum Gasteiger partial charge on any atom is -0.339 e. The molecule has 0 aliphatic carbocycles. The summed E-state index contributed by atoms with van der Waals surface area (Å²) in [5, 5.41) is 3.46. The predicted octanol–water partition coefficient (Wildman–Crippen LogP) is 2.14. The van der Waals surface area contributed by atoms with Crippen molar-refractivity contribution in [1.82, 2.24) is 15.1 Å². The van der Waals surface area contributed by atoms with Crippen molar-refractivity contribution < 1.29 is 4.79 Å². The fourth-order valence-corrected chi connectivity index (χ4v) is 3.08. The molecule has 4 heteroatoms. The summed E-state index contributed by atoms with van der Waals surface area (Å²) in [4.78, 5) is 16.7. The van der Waals surface area contributed by atoms with Gasteiger partial charge in [-0.3, -0.25) is 10.1 Å². The van der Waals surface area contributed by atoms with Gasteiger partial charge in [0.1, 0.15) is 0 Å². The lowest BCUT2D eigenvalue weighted by Gasteiger charge is -2.33. The van der Waals surface area contributed by atoms with E-state index in [9.17, 15) is 4.79 Å². The number of piperazine rings is 1. The van der Waals surface area contributed by atoms with Gasteiger partial charge in [0.2, 0.25) is 5.91 Å². The lowest BCUT2D eigenvalue weighted by molar-refractivity contribution is -0.131. The Labute approximate surface area is 144 Å². The molecule has 1 aliphatic rings. The minimum atomic E-state index is 0.0313. The molecule has 1 N–H and O–H groups in total. The third-order valence-electron chi connectivity index (χ3n) is 4.58. The Balaban J connectivity index is 1.68. The van der Waals surface area contributed by atoms with E-state index in [1.807, 2.05) is 41.3 Å². The molecule has 2 aromatic carbocycles. The van der Waals surface area contributed by atoms with Crippen molar-refractivity contribution in [3.63, 3.8) is 0 Å². The maximum absolute atomic E-state index is 12.5. The molecule has 24 heavy (non-hydrogen) atoms. The monoisotopic (exact) mass is 323 g/mol. The van der Waals surface area contributed by atoms with Crippen LogP contribution in [0.4, 0.5) is 0 Å². The molecule has 0 atom stereocenters. The van der Waals surface area contributed by atoms with Gasteiger partial charge in [0.25, 0.3) is 0 Å². The van der Waals surface area contributed by atoms with Gasteiger partial charge in [-0.2, -0.15) is 0 Å². The third-order valence-corrected chi connectivity index (χ3v) is 4.58. The Bertz CT molecular complexity index is 597. The van der Waals surface area contributed by atoms with E-state index in [-0.39, 0.29) is 11.9 Å². The zero-order valence-corrected chi connectivity index (χ0v) is 14.2. The summed E-state index contributed by atoms with van der Waals surface area (Å²) in [6.07, 6.45) is 0. The molecule has 0 unspecified atom stereocenters. The highest BCUT2D eigenvalue weighted by Crippen LogP contribution is 2.21. The fourth-order valence-electron chi connectivity index (χ4n) is 3.08. The molecule has 0 radical (unpaired) electrons. The maximum atomic E-state index is 12.5. The zero-order chi connectivity index (χ0) is 16.8. The molecule has 4 nitrogen and oxygen atoms in total. The van der Waals surface area contributed by atoms with Crippen LogP contribution in [-0.4, -0.2) is 55.5 Å². The first-order valence-electron chi connectivity index (χ1n) is 8.53. The highest BCUT2D eigenvalue weighted by molar-refractivity contribution is 5.78. The molecular weight excluding hydrogens is 298 g/mol. The van der Waals surface area contributed by atoms with E-state index in [0.29, 0.717) is 6.54 Å². The van der Waals surface area contributed by atoms with Crippen LogP contribution in [0.3, 0.4) is 0 Å². The quantitative estimate of drug-likeness (QED) is 0.916. The van der Waals surface area contributed by atoms with Gasteiger partial charge in [0.15, 0.2) is 0 Å². The van der Waals surface area contributed by atoms with Crippen molar-refractivity contribution >= 4 is 5.91 Å². The standard InChI is InChI=1S/C20H25N3O/c1-22-12-14-23(15-13-22)19(24)16-21-20(17-8-4-2-5-9-17)18-10-6-3-7-11-18/h2-11,20-21H,12-16H2,1H3. The van der Waals surface area contributed by atoms with Crippen LogP contribution < -0.4 is 5.32 Å². The summed E-state index contributed by atoms with van der Waals surface area (Å²) in [6.45, 7) is 3.90. The summed E-state index contributed by atoms with van der Waals surface area (Å²) in [7, 11) is 2.10. The summed E-state index contributed by atoms with van der Waals surface area (Å²) >= 11 is 0. The van der Waals surface area contributed by atoms with Crippen molar-refractivity contribution in [2.24, 2.45) is 0 Å². The SMILES string of the molecule is CN1CCN(C(=O)CNC(c2ccccc2)c2ccccc2)CC1. The van der Waals surface area contributed by atoms with Crippen molar-refractivity contribution in [1.29, 1.82) is 0 Å². The second-order valence-corrected chi connectivity index (χ2v) is 6.32. The van der Waals surface area contributed by atoms with Gasteiger partial charge in [-0.1, -0.05) is 60.7 Å². The van der Waals surface area contributed by atoms with Crippen molar-refractivity contribution in [2.45, 2.75) is 6.04 Å². The zero-order valence-electron chi connectivity index (χ0n) is 14.2. The van der Waals surface area contributed by atoms with Gasteiger partial charge < -0.3 is 9.80 Å². The molecule has 0 spiro atoms. The van der Waals surface area contributed by atoms with E-state index in [1.165, 1.54) is 11.1 Å². The Kier molecular flexibility index (Phi) is 5.62. The van der Waals surface area contributed by atoms with Crippen LogP contribution in [0.5, 0.6) is 0 Å². The number of carbonyl (C=O) groups excluding carboxylic acids is 1. The summed E-state index contributed by atoms with van der Waals surface area (Å²) < 4.78 is 0. The number of benzene rings is 2. The number of nitrogens with one attached hydrogen (secondary N) is 1. The fraction of sp³-hybridized carbons (Fsp3) is 0.350. The van der Waals surface area contributed by atoms with Crippen LogP contribution >= 0.6 is 0 Å². The van der Waals surface area contributed by atoms with Gasteiger partial charge in [0.05, 0.1) is 12.6 Å². The number of rotatable bonds is 5. The first kappa shape index (κ1) is 16.7. The van der Waals surface area contributed by atoms with E-state index in [4.69, 9.17) is 0 Å². The van der Waals surface area contributed by atoms with E-state index < -0.39 is 0 Å². The second kappa shape index (κ2) is 8.08. The summed E-state index contributed by atoms with van der Waals surface area (Å²) in [5.41, 5.74) is 2.35. The molecule has 0 saturated carbocycles. The van der Waals surface area contributed by atoms with E-state index in [0.717, 1.165) is 26.2 Å². The van der Waals surface area contributed by atoms with Crippen molar-refractivity contribution in [3.05, 3.63) is 71.8 Å². The Morgan fingerprint density at radius 1 is 0.917 bits per heavy atom. The smallest absolute Gasteiger partial charge is 0.236 e. The predicted molar refractivity (Wildman–Crippen MR) is 96.8 cm³/mol. The van der Waals surface area contributed by atoms with Gasteiger partial charge in [-0.25, -0.2) is 0 Å². The van der Waals surface area contributed by atoms with E-state index in [1.54, 1.807) is 0 Å². The number of nitrogens with zero attached hydrogens (tertiary/aromatic N) is 2.